The number of anilines is 1. The zero-order chi connectivity index (χ0) is 27.6. The minimum Gasteiger partial charge on any atom is -0.488 e. The Bertz CT molecular complexity index is 1310. The van der Waals surface area contributed by atoms with Crippen molar-refractivity contribution in [2.45, 2.75) is 66.2 Å². The van der Waals surface area contributed by atoms with Gasteiger partial charge in [-0.3, -0.25) is 9.69 Å². The summed E-state index contributed by atoms with van der Waals surface area (Å²) < 4.78 is 21.1. The molecule has 0 bridgehead atoms. The molecule has 1 aromatic heterocycles. The van der Waals surface area contributed by atoms with E-state index in [1.54, 1.807) is 18.2 Å². The summed E-state index contributed by atoms with van der Waals surface area (Å²) in [6.45, 7) is 14.2. The third-order valence-electron chi connectivity index (χ3n) is 7.30. The zero-order valence-electron chi connectivity index (χ0n) is 23.2. The Morgan fingerprint density at radius 3 is 2.53 bits per heavy atom. The van der Waals surface area contributed by atoms with E-state index in [9.17, 15) is 9.18 Å². The first-order valence-electron chi connectivity index (χ1n) is 13.2. The van der Waals surface area contributed by atoms with Crippen molar-refractivity contribution in [2.75, 3.05) is 24.5 Å². The maximum absolute atomic E-state index is 14.7. The van der Waals surface area contributed by atoms with Crippen LogP contribution in [0.25, 0.3) is 11.4 Å². The monoisotopic (exact) mass is 519 g/mol. The van der Waals surface area contributed by atoms with Gasteiger partial charge in [-0.2, -0.15) is 0 Å². The first-order chi connectivity index (χ1) is 18.0. The lowest BCUT2D eigenvalue weighted by atomic mass is 10.0. The van der Waals surface area contributed by atoms with Crippen LogP contribution in [-0.4, -0.2) is 52.5 Å². The zero-order valence-corrected chi connectivity index (χ0v) is 23.2. The fourth-order valence-electron chi connectivity index (χ4n) is 4.95. The predicted octanol–water partition coefficient (Wildman–Crippen LogP) is 4.99. The molecule has 0 aliphatic carbocycles. The molecule has 38 heavy (non-hydrogen) atoms. The number of ether oxygens (including phenoxy) is 1. The number of aromatic nitrogens is 2. The lowest BCUT2D eigenvalue weighted by Gasteiger charge is -2.45. The molecule has 2 N–H and O–H groups in total. The van der Waals surface area contributed by atoms with E-state index in [1.807, 2.05) is 13.8 Å². The third-order valence-corrected chi connectivity index (χ3v) is 7.30. The summed E-state index contributed by atoms with van der Waals surface area (Å²) in [5, 5.41) is 0. The fourth-order valence-corrected chi connectivity index (χ4v) is 4.95. The Kier molecular flexibility index (Phi) is 8.31. The van der Waals surface area contributed by atoms with E-state index < -0.39 is 0 Å². The van der Waals surface area contributed by atoms with Crippen molar-refractivity contribution in [3.8, 4) is 17.1 Å². The van der Waals surface area contributed by atoms with Gasteiger partial charge in [-0.15, -0.1) is 0 Å². The predicted molar refractivity (Wildman–Crippen MR) is 149 cm³/mol. The van der Waals surface area contributed by atoms with Gasteiger partial charge < -0.3 is 15.4 Å². The lowest BCUT2D eigenvalue weighted by Crippen LogP contribution is -2.58. The molecule has 2 aromatic carbocycles. The third kappa shape index (κ3) is 5.96. The quantitative estimate of drug-likeness (QED) is 0.452. The number of primary amides is 1. The maximum atomic E-state index is 14.7. The SMILES string of the molecule is Cc1ccc(C(C)C)cc1OCc1c(C)nc(-c2ccccc2F)nc1N1C[C@H](C)N(CC(N)=O)C[C@H]1C. The van der Waals surface area contributed by atoms with Gasteiger partial charge in [0.1, 0.15) is 24.0 Å². The highest BCUT2D eigenvalue weighted by molar-refractivity contribution is 5.76. The van der Waals surface area contributed by atoms with E-state index in [-0.39, 0.29) is 37.0 Å². The van der Waals surface area contributed by atoms with Crippen molar-refractivity contribution in [3.63, 3.8) is 0 Å². The Balaban J connectivity index is 1.74. The molecule has 8 heteroatoms. The number of piperazine rings is 1. The first kappa shape index (κ1) is 27.5. The normalized spacial score (nSPS) is 18.2. The number of carbonyl (C=O) groups is 1. The lowest BCUT2D eigenvalue weighted by molar-refractivity contribution is -0.119. The molecule has 4 rings (SSSR count). The number of benzene rings is 2. The van der Waals surface area contributed by atoms with Crippen LogP contribution in [0.4, 0.5) is 10.2 Å². The number of carbonyl (C=O) groups excluding carboxylic acids is 1. The maximum Gasteiger partial charge on any atom is 0.231 e. The number of aryl methyl sites for hydroxylation is 2. The molecule has 0 radical (unpaired) electrons. The first-order valence-corrected chi connectivity index (χ1v) is 13.2. The van der Waals surface area contributed by atoms with Crippen LogP contribution in [0.15, 0.2) is 42.5 Å². The highest BCUT2D eigenvalue weighted by Gasteiger charge is 2.33. The number of nitrogens with two attached hydrogens (primary N) is 1. The molecule has 0 unspecified atom stereocenters. The second-order valence-corrected chi connectivity index (χ2v) is 10.6. The van der Waals surface area contributed by atoms with Gasteiger partial charge in [0.25, 0.3) is 0 Å². The van der Waals surface area contributed by atoms with E-state index in [0.29, 0.717) is 30.4 Å². The molecule has 3 aromatic rings. The molecule has 1 aliphatic heterocycles. The summed E-state index contributed by atoms with van der Waals surface area (Å²) in [4.78, 5) is 25.6. The van der Waals surface area contributed by atoms with E-state index in [4.69, 9.17) is 20.4 Å². The van der Waals surface area contributed by atoms with Crippen LogP contribution < -0.4 is 15.4 Å². The number of hydrogen-bond donors (Lipinski definition) is 1. The van der Waals surface area contributed by atoms with Crippen LogP contribution in [0.3, 0.4) is 0 Å². The summed E-state index contributed by atoms with van der Waals surface area (Å²) in [7, 11) is 0. The van der Waals surface area contributed by atoms with E-state index in [0.717, 1.165) is 28.4 Å². The Morgan fingerprint density at radius 2 is 1.84 bits per heavy atom. The van der Waals surface area contributed by atoms with E-state index in [2.05, 4.69) is 55.7 Å². The molecule has 2 atom stereocenters. The van der Waals surface area contributed by atoms with Crippen molar-refractivity contribution in [1.82, 2.24) is 14.9 Å². The molecule has 2 heterocycles. The van der Waals surface area contributed by atoms with Crippen LogP contribution in [0.2, 0.25) is 0 Å². The highest BCUT2D eigenvalue weighted by atomic mass is 19.1. The Labute approximate surface area is 224 Å². The molecular weight excluding hydrogens is 481 g/mol. The van der Waals surface area contributed by atoms with Crippen molar-refractivity contribution in [2.24, 2.45) is 5.73 Å². The number of nitrogens with zero attached hydrogens (tertiary/aromatic N) is 4. The summed E-state index contributed by atoms with van der Waals surface area (Å²) in [5.41, 5.74) is 9.72. The minimum atomic E-state index is -0.365. The highest BCUT2D eigenvalue weighted by Crippen LogP contribution is 2.32. The standard InChI is InChI=1S/C30H38FN5O2/c1-18(2)23-12-11-19(3)27(13-23)38-17-25-22(6)33-29(24-9-7-8-10-26(24)31)34-30(25)36-15-20(4)35(14-21(36)5)16-28(32)37/h7-13,18,20-21H,14-17H2,1-6H3,(H2,32,37)/t20-,21+/m0/s1. The number of amides is 1. The second kappa shape index (κ2) is 11.5. The number of halogens is 1. The van der Waals surface area contributed by atoms with Crippen LogP contribution >= 0.6 is 0 Å². The van der Waals surface area contributed by atoms with Gasteiger partial charge in [0.05, 0.1) is 23.4 Å². The van der Waals surface area contributed by atoms with Crippen molar-refractivity contribution < 1.29 is 13.9 Å². The fraction of sp³-hybridized carbons (Fsp3) is 0.433. The Morgan fingerprint density at radius 1 is 1.11 bits per heavy atom. The average molecular weight is 520 g/mol. The largest absolute Gasteiger partial charge is 0.488 e. The molecule has 202 valence electrons. The average Bonchev–Trinajstić information content (AvgIpc) is 2.85. The molecule has 0 spiro atoms. The van der Waals surface area contributed by atoms with E-state index >= 15 is 0 Å². The van der Waals surface area contributed by atoms with Gasteiger partial charge in [-0.05, 0) is 62.9 Å². The van der Waals surface area contributed by atoms with Gasteiger partial charge in [-0.1, -0.05) is 38.1 Å². The van der Waals surface area contributed by atoms with Gasteiger partial charge in [0.15, 0.2) is 5.82 Å². The van der Waals surface area contributed by atoms with Crippen LogP contribution in [-0.2, 0) is 11.4 Å². The minimum absolute atomic E-state index is 0.0399. The topological polar surface area (TPSA) is 84.6 Å². The van der Waals surface area contributed by atoms with Gasteiger partial charge in [0, 0.05) is 25.2 Å². The van der Waals surface area contributed by atoms with Gasteiger partial charge in [0.2, 0.25) is 5.91 Å². The van der Waals surface area contributed by atoms with Crippen molar-refractivity contribution in [3.05, 3.63) is 70.7 Å². The molecule has 0 saturated carbocycles. The second-order valence-electron chi connectivity index (χ2n) is 10.6. The molecule has 1 fully saturated rings. The van der Waals surface area contributed by atoms with Crippen LogP contribution in [0.5, 0.6) is 5.75 Å². The Hall–Kier alpha value is -3.52. The smallest absolute Gasteiger partial charge is 0.231 e. The molecular formula is C30H38FN5O2. The summed E-state index contributed by atoms with van der Waals surface area (Å²) in [5.74, 6) is 1.58. The number of rotatable bonds is 8. The molecule has 1 saturated heterocycles. The molecule has 7 nitrogen and oxygen atoms in total. The number of hydrogen-bond acceptors (Lipinski definition) is 6. The summed E-state index contributed by atoms with van der Waals surface area (Å²) in [6.07, 6.45) is 0. The van der Waals surface area contributed by atoms with Crippen LogP contribution in [0, 0.1) is 19.7 Å². The van der Waals surface area contributed by atoms with Crippen molar-refractivity contribution >= 4 is 11.7 Å². The van der Waals surface area contributed by atoms with Gasteiger partial charge >= 0.3 is 0 Å². The molecule has 1 amide bonds. The van der Waals surface area contributed by atoms with Crippen LogP contribution in [0.1, 0.15) is 56.0 Å². The molecule has 1 aliphatic rings. The summed E-state index contributed by atoms with van der Waals surface area (Å²) in [6, 6.07) is 13.0. The van der Waals surface area contributed by atoms with Gasteiger partial charge in [-0.25, -0.2) is 14.4 Å². The summed E-state index contributed by atoms with van der Waals surface area (Å²) >= 11 is 0. The van der Waals surface area contributed by atoms with Crippen molar-refractivity contribution in [1.29, 1.82) is 0 Å². The van der Waals surface area contributed by atoms with E-state index in [1.165, 1.54) is 11.6 Å².